The largest absolute Gasteiger partial charge is 0.469 e. The van der Waals surface area contributed by atoms with E-state index in [0.29, 0.717) is 0 Å². The van der Waals surface area contributed by atoms with Gasteiger partial charge >= 0.3 is 5.97 Å². The highest BCUT2D eigenvalue weighted by atomic mass is 16.5. The van der Waals surface area contributed by atoms with Gasteiger partial charge in [-0.1, -0.05) is 30.3 Å². The monoisotopic (exact) mass is 318 g/mol. The summed E-state index contributed by atoms with van der Waals surface area (Å²) in [5.74, 6) is -0.265. The van der Waals surface area contributed by atoms with Crippen molar-refractivity contribution in [2.24, 2.45) is 5.92 Å². The predicted molar refractivity (Wildman–Crippen MR) is 88.7 cm³/mol. The van der Waals surface area contributed by atoms with Gasteiger partial charge in [-0.25, -0.2) is 0 Å². The summed E-state index contributed by atoms with van der Waals surface area (Å²) in [7, 11) is 1.36. The molecule has 1 aliphatic rings. The molecule has 126 valence electrons. The standard InChI is InChI=1S/C18H26N2O3/c1-14(11-17(21)23-2)19-18(22)16-9-6-10-20(13-16)12-15-7-4-3-5-8-15/h3-5,7-8,14,16H,6,9-13H2,1-2H3,(H,19,22)/t14-,16-/m0/s1. The minimum Gasteiger partial charge on any atom is -0.469 e. The summed E-state index contributed by atoms with van der Waals surface area (Å²) in [6, 6.07) is 10.1. The molecule has 0 unspecified atom stereocenters. The van der Waals surface area contributed by atoms with Crippen LogP contribution in [0.3, 0.4) is 0 Å². The molecule has 1 N–H and O–H groups in total. The van der Waals surface area contributed by atoms with E-state index in [1.54, 1.807) is 0 Å². The van der Waals surface area contributed by atoms with Gasteiger partial charge in [-0.2, -0.15) is 0 Å². The van der Waals surface area contributed by atoms with Gasteiger partial charge in [0.25, 0.3) is 0 Å². The van der Waals surface area contributed by atoms with E-state index in [9.17, 15) is 9.59 Å². The minimum atomic E-state index is -0.299. The van der Waals surface area contributed by atoms with Gasteiger partial charge in [0.05, 0.1) is 19.4 Å². The average Bonchev–Trinajstić information content (AvgIpc) is 2.55. The van der Waals surface area contributed by atoms with Crippen LogP contribution in [0.25, 0.3) is 0 Å². The summed E-state index contributed by atoms with van der Waals surface area (Å²) >= 11 is 0. The van der Waals surface area contributed by atoms with E-state index in [0.717, 1.165) is 32.5 Å². The maximum atomic E-state index is 12.4. The first-order chi connectivity index (χ1) is 11.1. The molecular formula is C18H26N2O3. The molecule has 1 amide bonds. The quantitative estimate of drug-likeness (QED) is 0.815. The molecule has 0 aromatic heterocycles. The highest BCUT2D eigenvalue weighted by molar-refractivity contribution is 5.80. The Morgan fingerprint density at radius 2 is 2.09 bits per heavy atom. The molecule has 0 aliphatic carbocycles. The number of benzene rings is 1. The molecule has 1 fully saturated rings. The summed E-state index contributed by atoms with van der Waals surface area (Å²) in [6.07, 6.45) is 2.14. The van der Waals surface area contributed by atoms with Crippen molar-refractivity contribution < 1.29 is 14.3 Å². The molecule has 0 bridgehead atoms. The summed E-state index contributed by atoms with van der Waals surface area (Å²) in [6.45, 7) is 4.50. The Bertz CT molecular complexity index is 518. The van der Waals surface area contributed by atoms with Crippen molar-refractivity contribution in [3.8, 4) is 0 Å². The Morgan fingerprint density at radius 1 is 1.35 bits per heavy atom. The van der Waals surface area contributed by atoms with Crippen LogP contribution < -0.4 is 5.32 Å². The summed E-state index contributed by atoms with van der Waals surface area (Å²) < 4.78 is 4.63. The first-order valence-corrected chi connectivity index (χ1v) is 8.22. The van der Waals surface area contributed by atoms with Crippen molar-refractivity contribution in [2.75, 3.05) is 20.2 Å². The van der Waals surface area contributed by atoms with Crippen molar-refractivity contribution in [1.82, 2.24) is 10.2 Å². The molecule has 23 heavy (non-hydrogen) atoms. The van der Waals surface area contributed by atoms with Crippen molar-refractivity contribution in [3.63, 3.8) is 0 Å². The van der Waals surface area contributed by atoms with Crippen LogP contribution >= 0.6 is 0 Å². The first-order valence-electron chi connectivity index (χ1n) is 8.22. The van der Waals surface area contributed by atoms with Crippen molar-refractivity contribution in [3.05, 3.63) is 35.9 Å². The number of carbonyl (C=O) groups is 2. The minimum absolute atomic E-state index is 0.00689. The Balaban J connectivity index is 1.83. The topological polar surface area (TPSA) is 58.6 Å². The van der Waals surface area contributed by atoms with E-state index < -0.39 is 0 Å². The first kappa shape index (κ1) is 17.5. The number of nitrogens with zero attached hydrogens (tertiary/aromatic N) is 1. The van der Waals surface area contributed by atoms with Crippen LogP contribution in [-0.4, -0.2) is 43.0 Å². The number of nitrogens with one attached hydrogen (secondary N) is 1. The molecule has 5 nitrogen and oxygen atoms in total. The molecule has 0 spiro atoms. The average molecular weight is 318 g/mol. The normalized spacial score (nSPS) is 19.8. The molecule has 0 radical (unpaired) electrons. The number of likely N-dealkylation sites (tertiary alicyclic amines) is 1. The molecule has 1 aliphatic heterocycles. The van der Waals surface area contributed by atoms with Gasteiger partial charge in [-0.05, 0) is 31.9 Å². The van der Waals surface area contributed by atoms with Gasteiger partial charge in [0, 0.05) is 19.1 Å². The Hall–Kier alpha value is -1.88. The van der Waals surface area contributed by atoms with E-state index in [1.165, 1.54) is 12.7 Å². The van der Waals surface area contributed by atoms with E-state index in [4.69, 9.17) is 0 Å². The van der Waals surface area contributed by atoms with Crippen LogP contribution in [0, 0.1) is 5.92 Å². The number of ether oxygens (including phenoxy) is 1. The lowest BCUT2D eigenvalue weighted by Crippen LogP contribution is -2.45. The number of hydrogen-bond donors (Lipinski definition) is 1. The lowest BCUT2D eigenvalue weighted by Gasteiger charge is -2.32. The van der Waals surface area contributed by atoms with Gasteiger partial charge in [0.1, 0.15) is 0 Å². The van der Waals surface area contributed by atoms with Crippen molar-refractivity contribution in [2.45, 2.75) is 38.8 Å². The van der Waals surface area contributed by atoms with Crippen LogP contribution in [0.15, 0.2) is 30.3 Å². The van der Waals surface area contributed by atoms with Crippen LogP contribution in [-0.2, 0) is 20.9 Å². The lowest BCUT2D eigenvalue weighted by atomic mass is 9.96. The zero-order valence-corrected chi connectivity index (χ0v) is 14.0. The Morgan fingerprint density at radius 3 is 2.78 bits per heavy atom. The van der Waals surface area contributed by atoms with Crippen LogP contribution in [0.2, 0.25) is 0 Å². The van der Waals surface area contributed by atoms with E-state index in [2.05, 4.69) is 27.1 Å². The van der Waals surface area contributed by atoms with Gasteiger partial charge in [0.15, 0.2) is 0 Å². The molecular weight excluding hydrogens is 292 g/mol. The van der Waals surface area contributed by atoms with Gasteiger partial charge in [-0.15, -0.1) is 0 Å². The molecule has 1 aromatic carbocycles. The van der Waals surface area contributed by atoms with Crippen molar-refractivity contribution >= 4 is 11.9 Å². The van der Waals surface area contributed by atoms with Crippen LogP contribution in [0.5, 0.6) is 0 Å². The fraction of sp³-hybridized carbons (Fsp3) is 0.556. The number of piperidine rings is 1. The third kappa shape index (κ3) is 5.67. The molecule has 2 rings (SSSR count). The van der Waals surface area contributed by atoms with Gasteiger partial charge < -0.3 is 10.1 Å². The number of amides is 1. The number of rotatable bonds is 6. The molecule has 2 atom stereocenters. The molecule has 1 saturated heterocycles. The second-order valence-electron chi connectivity index (χ2n) is 6.25. The number of carbonyl (C=O) groups excluding carboxylic acids is 2. The third-order valence-corrected chi connectivity index (χ3v) is 4.21. The molecule has 1 aromatic rings. The number of methoxy groups -OCH3 is 1. The Labute approximate surface area is 138 Å². The highest BCUT2D eigenvalue weighted by Gasteiger charge is 2.26. The lowest BCUT2D eigenvalue weighted by molar-refractivity contribution is -0.141. The van der Waals surface area contributed by atoms with E-state index in [1.807, 2.05) is 25.1 Å². The zero-order valence-electron chi connectivity index (χ0n) is 14.0. The molecule has 5 heteroatoms. The molecule has 1 heterocycles. The van der Waals surface area contributed by atoms with E-state index in [-0.39, 0.29) is 30.3 Å². The second kappa shape index (κ2) is 8.67. The summed E-state index contributed by atoms with van der Waals surface area (Å²) in [5, 5.41) is 2.93. The smallest absolute Gasteiger partial charge is 0.307 e. The Kier molecular flexibility index (Phi) is 6.59. The fourth-order valence-corrected chi connectivity index (χ4v) is 3.00. The summed E-state index contributed by atoms with van der Waals surface area (Å²) in [4.78, 5) is 26.0. The third-order valence-electron chi connectivity index (χ3n) is 4.21. The highest BCUT2D eigenvalue weighted by Crippen LogP contribution is 2.19. The van der Waals surface area contributed by atoms with E-state index >= 15 is 0 Å². The number of hydrogen-bond acceptors (Lipinski definition) is 4. The fourth-order valence-electron chi connectivity index (χ4n) is 3.00. The van der Waals surface area contributed by atoms with Crippen LogP contribution in [0.4, 0.5) is 0 Å². The van der Waals surface area contributed by atoms with Crippen LogP contribution in [0.1, 0.15) is 31.7 Å². The predicted octanol–water partition coefficient (Wildman–Crippen LogP) is 1.97. The maximum Gasteiger partial charge on any atom is 0.307 e. The van der Waals surface area contributed by atoms with Gasteiger partial charge in [-0.3, -0.25) is 14.5 Å². The molecule has 0 saturated carbocycles. The summed E-state index contributed by atoms with van der Waals surface area (Å²) in [5.41, 5.74) is 1.27. The van der Waals surface area contributed by atoms with Gasteiger partial charge in [0.2, 0.25) is 5.91 Å². The maximum absolute atomic E-state index is 12.4. The number of esters is 1. The SMILES string of the molecule is COC(=O)C[C@H](C)NC(=O)[C@H]1CCCN(Cc2ccccc2)C1. The zero-order chi connectivity index (χ0) is 16.7. The second-order valence-corrected chi connectivity index (χ2v) is 6.25. The van der Waals surface area contributed by atoms with Crippen molar-refractivity contribution in [1.29, 1.82) is 0 Å².